The molecular formula is C14H21FN2O. The molecule has 0 heterocycles. The van der Waals surface area contributed by atoms with E-state index in [0.717, 1.165) is 18.7 Å². The van der Waals surface area contributed by atoms with Crippen molar-refractivity contribution in [2.75, 3.05) is 17.2 Å². The van der Waals surface area contributed by atoms with Crippen LogP contribution >= 0.6 is 0 Å². The van der Waals surface area contributed by atoms with Crippen LogP contribution in [0, 0.1) is 11.2 Å². The monoisotopic (exact) mass is 252 g/mol. The quantitative estimate of drug-likeness (QED) is 0.859. The Kier molecular flexibility index (Phi) is 4.70. The third-order valence-corrected chi connectivity index (χ3v) is 2.48. The normalized spacial score (nSPS) is 11.2. The van der Waals surface area contributed by atoms with Gasteiger partial charge in [-0.3, -0.25) is 4.79 Å². The zero-order valence-electron chi connectivity index (χ0n) is 11.4. The molecule has 0 atom stereocenters. The van der Waals surface area contributed by atoms with Crippen LogP contribution in [0.1, 0.15) is 34.1 Å². The second-order valence-electron chi connectivity index (χ2n) is 5.61. The summed E-state index contributed by atoms with van der Waals surface area (Å²) in [6.45, 7) is 8.68. The third-order valence-electron chi connectivity index (χ3n) is 2.48. The minimum atomic E-state index is -0.424. The second-order valence-corrected chi connectivity index (χ2v) is 5.61. The van der Waals surface area contributed by atoms with E-state index in [1.54, 1.807) is 12.1 Å². The molecule has 1 amide bonds. The summed E-state index contributed by atoms with van der Waals surface area (Å²) in [4.78, 5) is 10.9. The molecule has 1 rings (SSSR count). The van der Waals surface area contributed by atoms with Gasteiger partial charge in [-0.15, -0.1) is 0 Å². The number of amides is 1. The number of rotatable bonds is 4. The lowest BCUT2D eigenvalue weighted by molar-refractivity contribution is -0.114. The Bertz CT molecular complexity index is 424. The maximum Gasteiger partial charge on any atom is 0.221 e. The molecule has 0 aliphatic heterocycles. The smallest absolute Gasteiger partial charge is 0.221 e. The highest BCUT2D eigenvalue weighted by molar-refractivity contribution is 5.89. The molecule has 2 N–H and O–H groups in total. The molecule has 1 aromatic carbocycles. The highest BCUT2D eigenvalue weighted by Crippen LogP contribution is 2.21. The first-order valence-corrected chi connectivity index (χ1v) is 6.09. The van der Waals surface area contributed by atoms with Gasteiger partial charge < -0.3 is 10.6 Å². The van der Waals surface area contributed by atoms with Crippen molar-refractivity contribution >= 4 is 17.3 Å². The average Bonchev–Trinajstić information content (AvgIpc) is 2.20. The molecule has 0 saturated carbocycles. The van der Waals surface area contributed by atoms with E-state index in [0.29, 0.717) is 0 Å². The van der Waals surface area contributed by atoms with Gasteiger partial charge in [0.1, 0.15) is 5.82 Å². The molecule has 100 valence electrons. The number of nitrogens with one attached hydrogen (secondary N) is 2. The molecule has 4 heteroatoms. The van der Waals surface area contributed by atoms with Crippen molar-refractivity contribution in [3.8, 4) is 0 Å². The largest absolute Gasteiger partial charge is 0.385 e. The average molecular weight is 252 g/mol. The maximum absolute atomic E-state index is 13.4. The van der Waals surface area contributed by atoms with Gasteiger partial charge in [-0.1, -0.05) is 20.8 Å². The predicted molar refractivity (Wildman–Crippen MR) is 73.3 cm³/mol. The van der Waals surface area contributed by atoms with Crippen molar-refractivity contribution in [1.82, 2.24) is 0 Å². The van der Waals surface area contributed by atoms with E-state index in [4.69, 9.17) is 0 Å². The summed E-state index contributed by atoms with van der Waals surface area (Å²) in [5.41, 5.74) is 1.28. The van der Waals surface area contributed by atoms with Crippen LogP contribution in [0.4, 0.5) is 15.8 Å². The first kappa shape index (κ1) is 14.5. The Labute approximate surface area is 108 Å². The highest BCUT2D eigenvalue weighted by atomic mass is 19.1. The highest BCUT2D eigenvalue weighted by Gasteiger charge is 2.10. The van der Waals surface area contributed by atoms with Crippen LogP contribution in [-0.2, 0) is 4.79 Å². The number of hydrogen-bond donors (Lipinski definition) is 2. The summed E-state index contributed by atoms with van der Waals surface area (Å²) < 4.78 is 13.4. The fourth-order valence-corrected chi connectivity index (χ4v) is 1.50. The molecule has 0 fully saturated rings. The Hall–Kier alpha value is -1.58. The summed E-state index contributed by atoms with van der Waals surface area (Å²) >= 11 is 0. The van der Waals surface area contributed by atoms with E-state index < -0.39 is 5.82 Å². The minimum Gasteiger partial charge on any atom is -0.385 e. The number of benzene rings is 1. The van der Waals surface area contributed by atoms with Gasteiger partial charge in [0, 0.05) is 19.2 Å². The molecule has 0 spiro atoms. The van der Waals surface area contributed by atoms with E-state index in [9.17, 15) is 9.18 Å². The van der Waals surface area contributed by atoms with Crippen LogP contribution in [0.5, 0.6) is 0 Å². The summed E-state index contributed by atoms with van der Waals surface area (Å²) in [5, 5.41) is 5.69. The van der Waals surface area contributed by atoms with Crippen LogP contribution in [0.15, 0.2) is 18.2 Å². The Morgan fingerprint density at radius 1 is 1.33 bits per heavy atom. The zero-order chi connectivity index (χ0) is 13.8. The molecular weight excluding hydrogens is 231 g/mol. The fraction of sp³-hybridized carbons (Fsp3) is 0.500. The van der Waals surface area contributed by atoms with Crippen molar-refractivity contribution in [1.29, 1.82) is 0 Å². The number of anilines is 2. The molecule has 1 aromatic rings. The van der Waals surface area contributed by atoms with Gasteiger partial charge in [-0.25, -0.2) is 4.39 Å². The standard InChI is InChI=1S/C14H21FN2O/c1-10(18)17-13-9-11(5-6-12(13)15)16-8-7-14(2,3)4/h5-6,9,16H,7-8H2,1-4H3,(H,17,18). The molecule has 3 nitrogen and oxygen atoms in total. The van der Waals surface area contributed by atoms with Gasteiger partial charge in [0.2, 0.25) is 5.91 Å². The Morgan fingerprint density at radius 3 is 2.56 bits per heavy atom. The van der Waals surface area contributed by atoms with Crippen LogP contribution in [0.2, 0.25) is 0 Å². The minimum absolute atomic E-state index is 0.211. The number of carbonyl (C=O) groups is 1. The second kappa shape index (κ2) is 5.85. The van der Waals surface area contributed by atoms with E-state index >= 15 is 0 Å². The van der Waals surface area contributed by atoms with Gasteiger partial charge >= 0.3 is 0 Å². The van der Waals surface area contributed by atoms with E-state index in [1.807, 2.05) is 0 Å². The van der Waals surface area contributed by atoms with Crippen LogP contribution in [0.3, 0.4) is 0 Å². The maximum atomic E-state index is 13.4. The summed E-state index contributed by atoms with van der Waals surface area (Å²) in [6, 6.07) is 4.63. The number of halogens is 1. The van der Waals surface area contributed by atoms with Crippen molar-refractivity contribution in [3.05, 3.63) is 24.0 Å². The van der Waals surface area contributed by atoms with Gasteiger partial charge in [-0.05, 0) is 30.0 Å². The molecule has 0 unspecified atom stereocenters. The number of hydrogen-bond acceptors (Lipinski definition) is 2. The Morgan fingerprint density at radius 2 is 2.00 bits per heavy atom. The van der Waals surface area contributed by atoms with Crippen LogP contribution < -0.4 is 10.6 Å². The topological polar surface area (TPSA) is 41.1 Å². The van der Waals surface area contributed by atoms with Crippen LogP contribution in [0.25, 0.3) is 0 Å². The number of carbonyl (C=O) groups excluding carboxylic acids is 1. The van der Waals surface area contributed by atoms with Gasteiger partial charge in [0.15, 0.2) is 0 Å². The van der Waals surface area contributed by atoms with Crippen molar-refractivity contribution < 1.29 is 9.18 Å². The first-order chi connectivity index (χ1) is 8.28. The molecule has 0 aromatic heterocycles. The van der Waals surface area contributed by atoms with Crippen LogP contribution in [-0.4, -0.2) is 12.5 Å². The van der Waals surface area contributed by atoms with E-state index in [2.05, 4.69) is 31.4 Å². The third kappa shape index (κ3) is 5.17. The van der Waals surface area contributed by atoms with Gasteiger partial charge in [0.25, 0.3) is 0 Å². The molecule has 18 heavy (non-hydrogen) atoms. The van der Waals surface area contributed by atoms with Crippen molar-refractivity contribution in [3.63, 3.8) is 0 Å². The zero-order valence-corrected chi connectivity index (χ0v) is 11.4. The SMILES string of the molecule is CC(=O)Nc1cc(NCCC(C)(C)C)ccc1F. The van der Waals surface area contributed by atoms with Crippen molar-refractivity contribution in [2.24, 2.45) is 5.41 Å². The summed E-state index contributed by atoms with van der Waals surface area (Å²) in [6.07, 6.45) is 1.01. The molecule has 0 saturated heterocycles. The van der Waals surface area contributed by atoms with Gasteiger partial charge in [0.05, 0.1) is 5.69 Å². The van der Waals surface area contributed by atoms with Crippen molar-refractivity contribution in [2.45, 2.75) is 34.1 Å². The summed E-state index contributed by atoms with van der Waals surface area (Å²) in [7, 11) is 0. The van der Waals surface area contributed by atoms with Gasteiger partial charge in [-0.2, -0.15) is 0 Å². The molecule has 0 aliphatic carbocycles. The lowest BCUT2D eigenvalue weighted by Gasteiger charge is -2.18. The van der Waals surface area contributed by atoms with E-state index in [1.165, 1.54) is 13.0 Å². The fourth-order valence-electron chi connectivity index (χ4n) is 1.50. The summed E-state index contributed by atoms with van der Waals surface area (Å²) in [5.74, 6) is -0.702. The molecule has 0 aliphatic rings. The first-order valence-electron chi connectivity index (χ1n) is 6.09. The Balaban J connectivity index is 2.64. The lowest BCUT2D eigenvalue weighted by Crippen LogP contribution is -2.13. The van der Waals surface area contributed by atoms with E-state index in [-0.39, 0.29) is 17.0 Å². The molecule has 0 bridgehead atoms. The molecule has 0 radical (unpaired) electrons. The predicted octanol–water partition coefficient (Wildman–Crippen LogP) is 3.63. The lowest BCUT2D eigenvalue weighted by atomic mass is 9.92.